The van der Waals surface area contributed by atoms with E-state index in [0.29, 0.717) is 10.9 Å². The maximum absolute atomic E-state index is 12.7. The molecule has 0 atom stereocenters. The van der Waals surface area contributed by atoms with E-state index in [-0.39, 0.29) is 17.9 Å². The van der Waals surface area contributed by atoms with Gasteiger partial charge in [-0.2, -0.15) is 0 Å². The third-order valence-electron chi connectivity index (χ3n) is 4.81. The predicted molar refractivity (Wildman–Crippen MR) is 114 cm³/mol. The molecule has 0 saturated heterocycles. The normalized spacial score (nSPS) is 10.8. The molecule has 2 N–H and O–H groups in total. The number of rotatable bonds is 5. The van der Waals surface area contributed by atoms with Gasteiger partial charge in [0, 0.05) is 32.2 Å². The summed E-state index contributed by atoms with van der Waals surface area (Å²) in [5.74, 6) is -1.41. The highest BCUT2D eigenvalue weighted by Gasteiger charge is 2.21. The van der Waals surface area contributed by atoms with Crippen molar-refractivity contribution >= 4 is 28.3 Å². The highest BCUT2D eigenvalue weighted by Crippen LogP contribution is 2.31. The van der Waals surface area contributed by atoms with Gasteiger partial charge in [-0.15, -0.1) is 0 Å². The molecule has 150 valence electrons. The van der Waals surface area contributed by atoms with Gasteiger partial charge in [-0.05, 0) is 42.3 Å². The van der Waals surface area contributed by atoms with Crippen molar-refractivity contribution in [2.45, 2.75) is 6.92 Å². The van der Waals surface area contributed by atoms with Gasteiger partial charge in [0.2, 0.25) is 0 Å². The molecule has 0 aliphatic rings. The molecule has 1 aromatic heterocycles. The fraction of sp³-hybridized carbons (Fsp3) is 0.227. The Kier molecular flexibility index (Phi) is 5.41. The molecule has 0 aliphatic heterocycles. The van der Waals surface area contributed by atoms with E-state index < -0.39 is 17.2 Å². The Morgan fingerprint density at radius 2 is 1.69 bits per heavy atom. The molecule has 0 aliphatic carbocycles. The molecule has 1 amide bonds. The van der Waals surface area contributed by atoms with Gasteiger partial charge in [0.15, 0.2) is 0 Å². The van der Waals surface area contributed by atoms with E-state index in [4.69, 9.17) is 0 Å². The second-order valence-electron chi connectivity index (χ2n) is 7.15. The quantitative estimate of drug-likeness (QED) is 0.694. The summed E-state index contributed by atoms with van der Waals surface area (Å²) in [5, 5.41) is 13.3. The number of hydrogen-bond acceptors (Lipinski definition) is 5. The zero-order valence-electron chi connectivity index (χ0n) is 16.8. The summed E-state index contributed by atoms with van der Waals surface area (Å²) in [6, 6.07) is 13.3. The van der Waals surface area contributed by atoms with Gasteiger partial charge in [0.25, 0.3) is 11.5 Å². The van der Waals surface area contributed by atoms with Crippen LogP contribution in [0.25, 0.3) is 22.0 Å². The molecular weight excluding hydrogens is 370 g/mol. The van der Waals surface area contributed by atoms with Crippen LogP contribution in [-0.4, -0.2) is 42.0 Å². The molecule has 2 aromatic carbocycles. The minimum Gasteiger partial charge on any atom is -0.506 e. The minimum absolute atomic E-state index is 0.207. The summed E-state index contributed by atoms with van der Waals surface area (Å²) in [5.41, 5.74) is 2.42. The summed E-state index contributed by atoms with van der Waals surface area (Å²) < 4.78 is 1.33. The number of aromatic hydroxyl groups is 1. The number of aromatic nitrogens is 1. The molecule has 0 fully saturated rings. The van der Waals surface area contributed by atoms with Crippen LogP contribution in [0.5, 0.6) is 5.75 Å². The molecule has 0 radical (unpaired) electrons. The number of pyridine rings is 1. The van der Waals surface area contributed by atoms with Crippen LogP contribution in [0.1, 0.15) is 17.3 Å². The molecule has 0 bridgehead atoms. The number of carbonyl (C=O) groups excluding carboxylic acids is 2. The average Bonchev–Trinajstić information content (AvgIpc) is 2.70. The zero-order chi connectivity index (χ0) is 21.3. The van der Waals surface area contributed by atoms with Crippen LogP contribution in [0.3, 0.4) is 0 Å². The molecule has 29 heavy (non-hydrogen) atoms. The maximum atomic E-state index is 12.7. The van der Waals surface area contributed by atoms with Gasteiger partial charge in [0.1, 0.15) is 17.1 Å². The number of aryl methyl sites for hydroxylation is 1. The molecule has 3 aromatic rings. The molecule has 7 nitrogen and oxygen atoms in total. The number of amides is 1. The second kappa shape index (κ2) is 7.79. The Morgan fingerprint density at radius 3 is 2.28 bits per heavy atom. The van der Waals surface area contributed by atoms with Crippen LogP contribution in [0.2, 0.25) is 0 Å². The lowest BCUT2D eigenvalue weighted by Crippen LogP contribution is -2.34. The lowest BCUT2D eigenvalue weighted by atomic mass is 10.0. The topological polar surface area (TPSA) is 91.6 Å². The summed E-state index contributed by atoms with van der Waals surface area (Å²) >= 11 is 0. The SMILES string of the molecule is CC(=O)CNC(=O)c1c(O)c2ccc(-c3ccc(N(C)C)cc3)cc2n(C)c1=O. The van der Waals surface area contributed by atoms with Crippen LogP contribution >= 0.6 is 0 Å². The lowest BCUT2D eigenvalue weighted by Gasteiger charge is -2.14. The van der Waals surface area contributed by atoms with Crippen molar-refractivity contribution in [1.82, 2.24) is 9.88 Å². The summed E-state index contributed by atoms with van der Waals surface area (Å²) in [7, 11) is 5.48. The molecular formula is C22H23N3O4. The van der Waals surface area contributed by atoms with Crippen molar-refractivity contribution in [2.24, 2.45) is 7.05 Å². The Labute approximate surface area is 168 Å². The van der Waals surface area contributed by atoms with Gasteiger partial charge < -0.3 is 19.9 Å². The second-order valence-corrected chi connectivity index (χ2v) is 7.15. The van der Waals surface area contributed by atoms with Gasteiger partial charge in [-0.3, -0.25) is 14.4 Å². The predicted octanol–water partition coefficient (Wildman–Crippen LogP) is 2.30. The monoisotopic (exact) mass is 393 g/mol. The largest absolute Gasteiger partial charge is 0.506 e. The molecule has 1 heterocycles. The third-order valence-corrected chi connectivity index (χ3v) is 4.81. The van der Waals surface area contributed by atoms with Crippen LogP contribution in [0.15, 0.2) is 47.3 Å². The van der Waals surface area contributed by atoms with Crippen molar-refractivity contribution < 1.29 is 14.7 Å². The van der Waals surface area contributed by atoms with Gasteiger partial charge in [-0.1, -0.05) is 18.2 Å². The van der Waals surface area contributed by atoms with Crippen LogP contribution < -0.4 is 15.8 Å². The van der Waals surface area contributed by atoms with Gasteiger partial charge >= 0.3 is 0 Å². The van der Waals surface area contributed by atoms with Crippen LogP contribution in [0.4, 0.5) is 5.69 Å². The summed E-state index contributed by atoms with van der Waals surface area (Å²) in [6.45, 7) is 1.12. The van der Waals surface area contributed by atoms with E-state index in [1.165, 1.54) is 11.5 Å². The highest BCUT2D eigenvalue weighted by atomic mass is 16.3. The smallest absolute Gasteiger partial charge is 0.267 e. The van der Waals surface area contributed by atoms with Crippen molar-refractivity contribution in [3.8, 4) is 16.9 Å². The Balaban J connectivity index is 2.09. The van der Waals surface area contributed by atoms with E-state index in [2.05, 4.69) is 5.32 Å². The number of carbonyl (C=O) groups is 2. The fourth-order valence-electron chi connectivity index (χ4n) is 3.15. The van der Waals surface area contributed by atoms with Crippen molar-refractivity contribution in [2.75, 3.05) is 25.5 Å². The first-order valence-corrected chi connectivity index (χ1v) is 9.11. The standard InChI is InChI=1S/C22H23N3O4/c1-13(26)12-23-21(28)19-20(27)17-10-7-15(11-18(17)25(4)22(19)29)14-5-8-16(9-6-14)24(2)3/h5-11,27H,12H2,1-4H3,(H,23,28). The maximum Gasteiger partial charge on any atom is 0.267 e. The number of hydrogen-bond donors (Lipinski definition) is 2. The van der Waals surface area contributed by atoms with Crippen LogP contribution in [-0.2, 0) is 11.8 Å². The first kappa shape index (κ1) is 20.1. The highest BCUT2D eigenvalue weighted by molar-refractivity contribution is 6.03. The molecule has 0 unspecified atom stereocenters. The molecule has 3 rings (SSSR count). The average molecular weight is 393 g/mol. The number of ketones is 1. The number of fused-ring (bicyclic) bond motifs is 1. The van der Waals surface area contributed by atoms with Crippen molar-refractivity contribution in [3.05, 3.63) is 58.4 Å². The first-order valence-electron chi connectivity index (χ1n) is 9.11. The molecule has 7 heteroatoms. The number of nitrogens with one attached hydrogen (secondary N) is 1. The third kappa shape index (κ3) is 3.85. The summed E-state index contributed by atoms with van der Waals surface area (Å²) in [4.78, 5) is 38.1. The van der Waals surface area contributed by atoms with E-state index >= 15 is 0 Å². The van der Waals surface area contributed by atoms with Crippen LogP contribution in [0, 0.1) is 0 Å². The van der Waals surface area contributed by atoms with Gasteiger partial charge in [0.05, 0.1) is 12.1 Å². The Hall–Kier alpha value is -3.61. The fourth-order valence-corrected chi connectivity index (χ4v) is 3.15. The number of benzene rings is 2. The summed E-state index contributed by atoms with van der Waals surface area (Å²) in [6.07, 6.45) is 0. The minimum atomic E-state index is -0.774. The zero-order valence-corrected chi connectivity index (χ0v) is 16.8. The lowest BCUT2D eigenvalue weighted by molar-refractivity contribution is -0.116. The number of anilines is 1. The Morgan fingerprint density at radius 1 is 1.07 bits per heavy atom. The van der Waals surface area contributed by atoms with E-state index in [0.717, 1.165) is 16.8 Å². The number of Topliss-reactive ketones (excluding diaryl/α,β-unsaturated/α-hetero) is 1. The Bertz CT molecular complexity index is 1160. The first-order chi connectivity index (χ1) is 13.7. The molecule has 0 saturated carbocycles. The van der Waals surface area contributed by atoms with E-state index in [1.54, 1.807) is 19.2 Å². The molecule has 0 spiro atoms. The van der Waals surface area contributed by atoms with Gasteiger partial charge in [-0.25, -0.2) is 0 Å². The number of nitrogens with zero attached hydrogens (tertiary/aromatic N) is 2. The van der Waals surface area contributed by atoms with Crippen molar-refractivity contribution in [3.63, 3.8) is 0 Å². The van der Waals surface area contributed by atoms with E-state index in [1.807, 2.05) is 49.3 Å². The van der Waals surface area contributed by atoms with Crippen molar-refractivity contribution in [1.29, 1.82) is 0 Å². The van der Waals surface area contributed by atoms with E-state index in [9.17, 15) is 19.5 Å².